The van der Waals surface area contributed by atoms with Gasteiger partial charge in [-0.1, -0.05) is 20.8 Å². The van der Waals surface area contributed by atoms with E-state index < -0.39 is 5.97 Å². The van der Waals surface area contributed by atoms with Crippen LogP contribution in [0.2, 0.25) is 0 Å². The Kier molecular flexibility index (Phi) is 3.42. The van der Waals surface area contributed by atoms with Crippen LogP contribution in [0.1, 0.15) is 62.5 Å². The number of anilines is 1. The molecule has 0 spiro atoms. The molecule has 2 N–H and O–H groups in total. The zero-order valence-electron chi connectivity index (χ0n) is 13.0. The fourth-order valence-corrected chi connectivity index (χ4v) is 2.81. The molecule has 114 valence electrons. The summed E-state index contributed by atoms with van der Waals surface area (Å²) in [6.45, 7) is 6.18. The zero-order chi connectivity index (χ0) is 15.2. The summed E-state index contributed by atoms with van der Waals surface area (Å²) in [4.78, 5) is 16.0. The van der Waals surface area contributed by atoms with Crippen LogP contribution in [0.15, 0.2) is 12.1 Å². The van der Waals surface area contributed by atoms with Gasteiger partial charge in [0, 0.05) is 17.2 Å². The molecular formula is C17H24N2O2. The van der Waals surface area contributed by atoms with Gasteiger partial charge in [0.15, 0.2) is 0 Å². The molecule has 2 saturated carbocycles. The van der Waals surface area contributed by atoms with Gasteiger partial charge in [-0.3, -0.25) is 0 Å². The van der Waals surface area contributed by atoms with Crippen molar-refractivity contribution in [3.8, 4) is 0 Å². The molecular weight excluding hydrogens is 264 g/mol. The van der Waals surface area contributed by atoms with E-state index >= 15 is 0 Å². The van der Waals surface area contributed by atoms with Crippen LogP contribution in [-0.4, -0.2) is 22.1 Å². The van der Waals surface area contributed by atoms with Crippen molar-refractivity contribution in [2.45, 2.75) is 57.9 Å². The highest BCUT2D eigenvalue weighted by Gasteiger charge is 2.41. The van der Waals surface area contributed by atoms with Gasteiger partial charge in [0.05, 0.1) is 5.56 Å². The zero-order valence-corrected chi connectivity index (χ0v) is 13.0. The van der Waals surface area contributed by atoms with E-state index in [1.807, 2.05) is 0 Å². The number of carbonyl (C=O) groups is 1. The summed E-state index contributed by atoms with van der Waals surface area (Å²) in [5.74, 6) is 1.35. The maximum atomic E-state index is 11.4. The standard InChI is InChI=1S/C17H24N2O2/c1-17(2,3)13-8-12(16(20)21)9-14(18-13)19-15(10-4-5-10)11-6-7-11/h8-11,15H,4-7H2,1-3H3,(H,18,19)(H,20,21). The normalized spacial score (nSPS) is 18.9. The molecule has 21 heavy (non-hydrogen) atoms. The third-order valence-electron chi connectivity index (χ3n) is 4.42. The van der Waals surface area contributed by atoms with Crippen LogP contribution in [0.25, 0.3) is 0 Å². The molecule has 0 radical (unpaired) electrons. The molecule has 2 aliphatic carbocycles. The van der Waals surface area contributed by atoms with Crippen molar-refractivity contribution >= 4 is 11.8 Å². The third-order valence-corrected chi connectivity index (χ3v) is 4.42. The molecule has 0 amide bonds. The summed E-state index contributed by atoms with van der Waals surface area (Å²) in [5, 5.41) is 12.9. The first kappa shape index (κ1) is 14.4. The molecule has 0 unspecified atom stereocenters. The van der Waals surface area contributed by atoms with E-state index in [0.717, 1.165) is 23.3 Å². The number of nitrogens with zero attached hydrogens (tertiary/aromatic N) is 1. The van der Waals surface area contributed by atoms with Crippen molar-refractivity contribution in [2.75, 3.05) is 5.32 Å². The monoisotopic (exact) mass is 288 g/mol. The van der Waals surface area contributed by atoms with Gasteiger partial charge in [-0.25, -0.2) is 9.78 Å². The largest absolute Gasteiger partial charge is 0.478 e. The van der Waals surface area contributed by atoms with E-state index in [-0.39, 0.29) is 5.41 Å². The van der Waals surface area contributed by atoms with Gasteiger partial charge in [-0.2, -0.15) is 0 Å². The van der Waals surface area contributed by atoms with Crippen molar-refractivity contribution in [1.29, 1.82) is 0 Å². The van der Waals surface area contributed by atoms with Crippen LogP contribution < -0.4 is 5.32 Å². The fraction of sp³-hybridized carbons (Fsp3) is 0.647. The van der Waals surface area contributed by atoms with Crippen LogP contribution >= 0.6 is 0 Å². The Labute approximate surface area is 126 Å². The van der Waals surface area contributed by atoms with Crippen molar-refractivity contribution in [3.05, 3.63) is 23.4 Å². The van der Waals surface area contributed by atoms with Crippen LogP contribution in [0.5, 0.6) is 0 Å². The Hall–Kier alpha value is -1.58. The van der Waals surface area contributed by atoms with Gasteiger partial charge in [-0.05, 0) is 49.7 Å². The SMILES string of the molecule is CC(C)(C)c1cc(C(=O)O)cc(NC(C2CC2)C2CC2)n1. The fourth-order valence-electron chi connectivity index (χ4n) is 2.81. The molecule has 0 atom stereocenters. The quantitative estimate of drug-likeness (QED) is 0.867. The summed E-state index contributed by atoms with van der Waals surface area (Å²) in [5.41, 5.74) is 0.995. The second kappa shape index (κ2) is 5.00. The minimum Gasteiger partial charge on any atom is -0.478 e. The highest BCUT2D eigenvalue weighted by molar-refractivity contribution is 5.88. The smallest absolute Gasteiger partial charge is 0.335 e. The van der Waals surface area contributed by atoms with Crippen LogP contribution in [0.4, 0.5) is 5.82 Å². The van der Waals surface area contributed by atoms with E-state index in [2.05, 4.69) is 31.1 Å². The van der Waals surface area contributed by atoms with Gasteiger partial charge in [0.25, 0.3) is 0 Å². The first-order chi connectivity index (χ1) is 9.84. The number of hydrogen-bond donors (Lipinski definition) is 2. The van der Waals surface area contributed by atoms with Crippen molar-refractivity contribution < 1.29 is 9.90 Å². The number of hydrogen-bond acceptors (Lipinski definition) is 3. The lowest BCUT2D eigenvalue weighted by Gasteiger charge is -2.22. The van der Waals surface area contributed by atoms with Crippen molar-refractivity contribution in [1.82, 2.24) is 4.98 Å². The van der Waals surface area contributed by atoms with Crippen molar-refractivity contribution in [2.24, 2.45) is 11.8 Å². The molecule has 0 aliphatic heterocycles. The van der Waals surface area contributed by atoms with Gasteiger partial charge >= 0.3 is 5.97 Å². The second-order valence-electron chi connectivity index (χ2n) is 7.53. The van der Waals surface area contributed by atoms with E-state index in [9.17, 15) is 9.90 Å². The number of aromatic nitrogens is 1. The minimum atomic E-state index is -0.889. The summed E-state index contributed by atoms with van der Waals surface area (Å²) in [6, 6.07) is 3.85. The van der Waals surface area contributed by atoms with Gasteiger partial charge < -0.3 is 10.4 Å². The highest BCUT2D eigenvalue weighted by atomic mass is 16.4. The molecule has 4 nitrogen and oxygen atoms in total. The van der Waals surface area contributed by atoms with E-state index in [4.69, 9.17) is 0 Å². The molecule has 1 heterocycles. The summed E-state index contributed by atoms with van der Waals surface area (Å²) >= 11 is 0. The summed E-state index contributed by atoms with van der Waals surface area (Å²) in [7, 11) is 0. The molecule has 1 aromatic heterocycles. The minimum absolute atomic E-state index is 0.156. The van der Waals surface area contributed by atoms with Crippen LogP contribution in [-0.2, 0) is 5.41 Å². The van der Waals surface area contributed by atoms with Crippen LogP contribution in [0, 0.1) is 11.8 Å². The maximum Gasteiger partial charge on any atom is 0.335 e. The lowest BCUT2D eigenvalue weighted by molar-refractivity contribution is 0.0696. The lowest BCUT2D eigenvalue weighted by Crippen LogP contribution is -2.26. The Morgan fingerprint density at radius 3 is 2.24 bits per heavy atom. The predicted octanol–water partition coefficient (Wildman–Crippen LogP) is 3.68. The summed E-state index contributed by atoms with van der Waals surface area (Å²) < 4.78 is 0. The number of nitrogens with one attached hydrogen (secondary N) is 1. The Bertz CT molecular complexity index is 542. The van der Waals surface area contributed by atoms with E-state index in [1.165, 1.54) is 25.7 Å². The second-order valence-corrected chi connectivity index (χ2v) is 7.53. The lowest BCUT2D eigenvalue weighted by atomic mass is 9.90. The third kappa shape index (κ3) is 3.36. The average molecular weight is 288 g/mol. The first-order valence-electron chi connectivity index (χ1n) is 7.87. The molecule has 2 aliphatic rings. The number of rotatable bonds is 5. The Morgan fingerprint density at radius 1 is 1.24 bits per heavy atom. The summed E-state index contributed by atoms with van der Waals surface area (Å²) in [6.07, 6.45) is 5.16. The van der Waals surface area contributed by atoms with Gasteiger partial charge in [-0.15, -0.1) is 0 Å². The van der Waals surface area contributed by atoms with Crippen molar-refractivity contribution in [3.63, 3.8) is 0 Å². The first-order valence-corrected chi connectivity index (χ1v) is 7.87. The number of aromatic carboxylic acids is 1. The molecule has 0 bridgehead atoms. The molecule has 0 saturated heterocycles. The maximum absolute atomic E-state index is 11.4. The number of carboxylic acid groups (broad SMARTS) is 1. The number of carboxylic acids is 1. The van der Waals surface area contributed by atoms with E-state index in [0.29, 0.717) is 11.6 Å². The highest BCUT2D eigenvalue weighted by Crippen LogP contribution is 2.45. The molecule has 3 rings (SSSR count). The van der Waals surface area contributed by atoms with Gasteiger partial charge in [0.1, 0.15) is 5.82 Å². The predicted molar refractivity (Wildman–Crippen MR) is 82.8 cm³/mol. The average Bonchev–Trinajstić information content (AvgIpc) is 3.27. The molecule has 0 aromatic carbocycles. The topological polar surface area (TPSA) is 62.2 Å². The van der Waals surface area contributed by atoms with E-state index in [1.54, 1.807) is 12.1 Å². The molecule has 4 heteroatoms. The Balaban J connectivity index is 1.89. The molecule has 1 aromatic rings. The Morgan fingerprint density at radius 2 is 1.81 bits per heavy atom. The molecule has 2 fully saturated rings. The van der Waals surface area contributed by atoms with Gasteiger partial charge in [0.2, 0.25) is 0 Å². The van der Waals surface area contributed by atoms with Crippen LogP contribution in [0.3, 0.4) is 0 Å². The number of pyridine rings is 1.